The van der Waals surface area contributed by atoms with Crippen LogP contribution in [0.3, 0.4) is 0 Å². The Morgan fingerprint density at radius 3 is 2.44 bits per heavy atom. The van der Waals surface area contributed by atoms with Crippen molar-refractivity contribution >= 4 is 34.5 Å². The van der Waals surface area contributed by atoms with Crippen molar-refractivity contribution in [3.05, 3.63) is 52.6 Å². The van der Waals surface area contributed by atoms with Gasteiger partial charge in [0.15, 0.2) is 5.82 Å². The summed E-state index contributed by atoms with van der Waals surface area (Å²) in [6, 6.07) is 2.97. The predicted molar refractivity (Wildman–Crippen MR) is 81.8 cm³/mol. The maximum Gasteiger partial charge on any atom is 0.433 e. The SMILES string of the molecule is NC(=O)/C(=C1\Nc2cc(F)c(Cl)cc2N1)c1nccc(C(F)(F)F)n1. The summed E-state index contributed by atoms with van der Waals surface area (Å²) in [5, 5.41) is 5.17. The molecule has 0 saturated carbocycles. The lowest BCUT2D eigenvalue weighted by Gasteiger charge is -2.10. The fourth-order valence-electron chi connectivity index (χ4n) is 2.16. The molecule has 2 aromatic rings. The summed E-state index contributed by atoms with van der Waals surface area (Å²) in [4.78, 5) is 18.8. The third kappa shape index (κ3) is 3.20. The number of benzene rings is 1. The molecule has 2 heterocycles. The summed E-state index contributed by atoms with van der Waals surface area (Å²) in [5.41, 5.74) is 4.15. The number of rotatable bonds is 2. The highest BCUT2D eigenvalue weighted by atomic mass is 35.5. The Bertz CT molecular complexity index is 880. The van der Waals surface area contributed by atoms with Gasteiger partial charge in [-0.15, -0.1) is 0 Å². The van der Waals surface area contributed by atoms with Gasteiger partial charge in [-0.2, -0.15) is 13.2 Å². The average molecular weight is 374 g/mol. The van der Waals surface area contributed by atoms with Gasteiger partial charge in [-0.3, -0.25) is 4.79 Å². The van der Waals surface area contributed by atoms with Crippen molar-refractivity contribution in [2.45, 2.75) is 6.18 Å². The number of carbonyl (C=O) groups is 1. The van der Waals surface area contributed by atoms with Crippen LogP contribution in [0.15, 0.2) is 30.2 Å². The molecule has 0 atom stereocenters. The van der Waals surface area contributed by atoms with E-state index in [1.54, 1.807) is 0 Å². The van der Waals surface area contributed by atoms with Crippen LogP contribution in [0, 0.1) is 5.82 Å². The molecule has 0 fully saturated rings. The van der Waals surface area contributed by atoms with E-state index < -0.39 is 35.0 Å². The zero-order valence-electron chi connectivity index (χ0n) is 12.1. The van der Waals surface area contributed by atoms with Gasteiger partial charge < -0.3 is 16.4 Å². The molecule has 1 aliphatic heterocycles. The molecule has 25 heavy (non-hydrogen) atoms. The van der Waals surface area contributed by atoms with Crippen molar-refractivity contribution < 1.29 is 22.4 Å². The number of primary amides is 1. The number of nitrogens with two attached hydrogens (primary N) is 1. The number of anilines is 2. The van der Waals surface area contributed by atoms with Crippen LogP contribution in [0.1, 0.15) is 11.5 Å². The van der Waals surface area contributed by atoms with Crippen molar-refractivity contribution in [1.29, 1.82) is 0 Å². The zero-order chi connectivity index (χ0) is 18.4. The second kappa shape index (κ2) is 5.88. The molecule has 0 saturated heterocycles. The molecule has 1 amide bonds. The molecule has 6 nitrogen and oxygen atoms in total. The largest absolute Gasteiger partial charge is 0.433 e. The van der Waals surface area contributed by atoms with Crippen LogP contribution >= 0.6 is 11.6 Å². The number of fused-ring (bicyclic) bond motifs is 1. The van der Waals surface area contributed by atoms with Crippen LogP contribution in [0.2, 0.25) is 5.02 Å². The average Bonchev–Trinajstić information content (AvgIpc) is 2.89. The Morgan fingerprint density at radius 1 is 1.20 bits per heavy atom. The van der Waals surface area contributed by atoms with Crippen LogP contribution in [0.5, 0.6) is 0 Å². The van der Waals surface area contributed by atoms with Crippen molar-refractivity contribution in [2.24, 2.45) is 5.73 Å². The molecule has 1 aromatic heterocycles. The minimum Gasteiger partial charge on any atom is -0.365 e. The quantitative estimate of drug-likeness (QED) is 0.556. The standard InChI is InChI=1S/C14H8ClF4N5O/c15-5-3-7-8(4-6(5)16)23-13(22-7)10(11(20)25)12-21-2-1-9(24-12)14(17,18)19/h1-4,22-23H,(H2,20,25)/b13-10+. The molecule has 0 unspecified atom stereocenters. The number of nitrogens with one attached hydrogen (secondary N) is 2. The number of amides is 1. The lowest BCUT2D eigenvalue weighted by atomic mass is 10.2. The molecule has 1 aliphatic rings. The maximum absolute atomic E-state index is 13.5. The minimum absolute atomic E-state index is 0.0801. The molecule has 0 radical (unpaired) electrons. The summed E-state index contributed by atoms with van der Waals surface area (Å²) in [6.07, 6.45) is -3.87. The van der Waals surface area contributed by atoms with Crippen LogP contribution in [0.4, 0.5) is 28.9 Å². The van der Waals surface area contributed by atoms with Crippen molar-refractivity contribution in [2.75, 3.05) is 10.6 Å². The van der Waals surface area contributed by atoms with Gasteiger partial charge in [0.05, 0.1) is 16.4 Å². The zero-order valence-corrected chi connectivity index (χ0v) is 12.8. The number of hydrogen-bond acceptors (Lipinski definition) is 5. The lowest BCUT2D eigenvalue weighted by Crippen LogP contribution is -2.21. The molecule has 0 spiro atoms. The van der Waals surface area contributed by atoms with E-state index in [4.69, 9.17) is 17.3 Å². The Labute approximate surface area is 142 Å². The number of hydrogen-bond donors (Lipinski definition) is 3. The van der Waals surface area contributed by atoms with Gasteiger partial charge in [0, 0.05) is 12.3 Å². The Balaban J connectivity index is 2.09. The molecule has 0 bridgehead atoms. The first-order chi connectivity index (χ1) is 11.7. The first-order valence-electron chi connectivity index (χ1n) is 6.64. The van der Waals surface area contributed by atoms with E-state index in [2.05, 4.69) is 20.6 Å². The van der Waals surface area contributed by atoms with Gasteiger partial charge in [-0.25, -0.2) is 14.4 Å². The summed E-state index contributed by atoms with van der Waals surface area (Å²) in [7, 11) is 0. The maximum atomic E-state index is 13.5. The second-order valence-corrected chi connectivity index (χ2v) is 5.35. The Hall–Kier alpha value is -2.88. The second-order valence-electron chi connectivity index (χ2n) is 4.94. The van der Waals surface area contributed by atoms with Gasteiger partial charge in [-0.05, 0) is 12.1 Å². The number of halogens is 5. The third-order valence-corrected chi connectivity index (χ3v) is 3.54. The Kier molecular flexibility index (Phi) is 3.99. The molecular weight excluding hydrogens is 366 g/mol. The molecule has 0 aliphatic carbocycles. The first-order valence-corrected chi connectivity index (χ1v) is 7.02. The van der Waals surface area contributed by atoms with Crippen LogP contribution < -0.4 is 16.4 Å². The van der Waals surface area contributed by atoms with Gasteiger partial charge in [0.2, 0.25) is 0 Å². The van der Waals surface area contributed by atoms with Gasteiger partial charge in [0.1, 0.15) is 22.9 Å². The highest BCUT2D eigenvalue weighted by Gasteiger charge is 2.34. The highest BCUT2D eigenvalue weighted by Crippen LogP contribution is 2.37. The van der Waals surface area contributed by atoms with Gasteiger partial charge >= 0.3 is 6.18 Å². The van der Waals surface area contributed by atoms with Gasteiger partial charge in [-0.1, -0.05) is 11.6 Å². The topological polar surface area (TPSA) is 92.9 Å². The molecule has 11 heteroatoms. The fourth-order valence-corrected chi connectivity index (χ4v) is 2.33. The third-order valence-electron chi connectivity index (χ3n) is 3.25. The predicted octanol–water partition coefficient (Wildman–Crippen LogP) is 2.98. The van der Waals surface area contributed by atoms with Crippen molar-refractivity contribution in [1.82, 2.24) is 9.97 Å². The van der Waals surface area contributed by atoms with E-state index in [0.717, 1.165) is 12.3 Å². The van der Waals surface area contributed by atoms with Crippen molar-refractivity contribution in [3.63, 3.8) is 0 Å². The monoisotopic (exact) mass is 373 g/mol. The summed E-state index contributed by atoms with van der Waals surface area (Å²) in [6.45, 7) is 0. The van der Waals surface area contributed by atoms with E-state index in [0.29, 0.717) is 11.8 Å². The lowest BCUT2D eigenvalue weighted by molar-refractivity contribution is -0.141. The highest BCUT2D eigenvalue weighted by molar-refractivity contribution is 6.31. The molecule has 1 aromatic carbocycles. The molecule has 4 N–H and O–H groups in total. The smallest absolute Gasteiger partial charge is 0.365 e. The van der Waals surface area contributed by atoms with Crippen LogP contribution in [0.25, 0.3) is 5.57 Å². The normalized spacial score (nSPS) is 15.2. The van der Waals surface area contributed by atoms with E-state index in [-0.39, 0.29) is 16.5 Å². The van der Waals surface area contributed by atoms with Crippen molar-refractivity contribution in [3.8, 4) is 0 Å². The minimum atomic E-state index is -4.72. The number of carbonyl (C=O) groups excluding carboxylic acids is 1. The summed E-state index contributed by atoms with van der Waals surface area (Å²) >= 11 is 5.67. The van der Waals surface area contributed by atoms with Crippen LogP contribution in [-0.2, 0) is 11.0 Å². The van der Waals surface area contributed by atoms with E-state index in [9.17, 15) is 22.4 Å². The molecular formula is C14H8ClF4N5O. The van der Waals surface area contributed by atoms with Crippen LogP contribution in [-0.4, -0.2) is 15.9 Å². The van der Waals surface area contributed by atoms with E-state index in [1.165, 1.54) is 6.07 Å². The summed E-state index contributed by atoms with van der Waals surface area (Å²) in [5.74, 6) is -2.40. The van der Waals surface area contributed by atoms with E-state index in [1.807, 2.05) is 0 Å². The molecule has 3 rings (SSSR count). The van der Waals surface area contributed by atoms with Gasteiger partial charge in [0.25, 0.3) is 5.91 Å². The molecule has 130 valence electrons. The number of alkyl halides is 3. The summed E-state index contributed by atoms with van der Waals surface area (Å²) < 4.78 is 51.9. The first kappa shape index (κ1) is 17.0. The number of nitrogens with zero attached hydrogens (tertiary/aromatic N) is 2. The fraction of sp³-hybridized carbons (Fsp3) is 0.0714. The number of aromatic nitrogens is 2. The van der Waals surface area contributed by atoms with E-state index >= 15 is 0 Å². The Morgan fingerprint density at radius 2 is 1.84 bits per heavy atom.